The lowest BCUT2D eigenvalue weighted by molar-refractivity contribution is 0.632. The first-order valence-corrected chi connectivity index (χ1v) is 10.1. The van der Waals surface area contributed by atoms with E-state index in [1.54, 1.807) is 6.20 Å². The van der Waals surface area contributed by atoms with Gasteiger partial charge in [-0.25, -0.2) is 4.98 Å². The molecule has 0 bridgehead atoms. The molecule has 1 aliphatic heterocycles. The molecule has 3 aromatic carbocycles. The fourth-order valence-electron chi connectivity index (χ4n) is 4.44. The molecule has 144 valence electrons. The van der Waals surface area contributed by atoms with Crippen LogP contribution in [0.5, 0.6) is 0 Å². The molecule has 30 heavy (non-hydrogen) atoms. The molecule has 0 unspecified atom stereocenters. The predicted octanol–water partition coefficient (Wildman–Crippen LogP) is 6.73. The van der Waals surface area contributed by atoms with E-state index < -0.39 is 0 Å². The lowest BCUT2D eigenvalue weighted by Gasteiger charge is -2.42. The number of anilines is 3. The zero-order valence-corrected chi connectivity index (χ0v) is 17.0. The lowest BCUT2D eigenvalue weighted by Crippen LogP contribution is -2.30. The van der Waals surface area contributed by atoms with Crippen molar-refractivity contribution in [2.24, 2.45) is 0 Å². The van der Waals surface area contributed by atoms with E-state index in [4.69, 9.17) is 0 Å². The van der Waals surface area contributed by atoms with E-state index in [2.05, 4.69) is 103 Å². The largest absolute Gasteiger partial charge is 0.310 e. The standard InChI is InChI=1S/C27H21N3/c1-27(2)23-10-3-5-12-25(23)30(26-13-6-4-11-24(26)27)22-9-7-8-19(17-22)20-14-15-29-21(16-20)18-28/h3-17H,1-2H3. The summed E-state index contributed by atoms with van der Waals surface area (Å²) in [5.74, 6) is 0. The zero-order chi connectivity index (χ0) is 20.7. The summed E-state index contributed by atoms with van der Waals surface area (Å²) < 4.78 is 0. The normalized spacial score (nSPS) is 13.8. The number of nitriles is 1. The quantitative estimate of drug-likeness (QED) is 0.383. The van der Waals surface area contributed by atoms with E-state index in [1.165, 1.54) is 22.5 Å². The van der Waals surface area contributed by atoms with Gasteiger partial charge in [-0.15, -0.1) is 0 Å². The van der Waals surface area contributed by atoms with E-state index >= 15 is 0 Å². The van der Waals surface area contributed by atoms with Crippen LogP contribution in [0.15, 0.2) is 91.1 Å². The second kappa shape index (κ2) is 6.86. The van der Waals surface area contributed by atoms with Crippen molar-refractivity contribution in [2.75, 3.05) is 4.90 Å². The Morgan fingerprint density at radius 1 is 0.767 bits per heavy atom. The predicted molar refractivity (Wildman–Crippen MR) is 121 cm³/mol. The van der Waals surface area contributed by atoms with Gasteiger partial charge in [-0.05, 0) is 58.7 Å². The number of rotatable bonds is 2. The highest BCUT2D eigenvalue weighted by Gasteiger charge is 2.36. The van der Waals surface area contributed by atoms with Gasteiger partial charge in [0, 0.05) is 17.3 Å². The molecule has 0 N–H and O–H groups in total. The van der Waals surface area contributed by atoms with Gasteiger partial charge in [-0.3, -0.25) is 0 Å². The van der Waals surface area contributed by atoms with Crippen molar-refractivity contribution in [1.29, 1.82) is 5.26 Å². The topological polar surface area (TPSA) is 39.9 Å². The molecule has 2 heterocycles. The summed E-state index contributed by atoms with van der Waals surface area (Å²) in [6.07, 6.45) is 1.69. The van der Waals surface area contributed by atoms with Crippen LogP contribution in [0.1, 0.15) is 30.7 Å². The average molecular weight is 387 g/mol. The number of nitrogens with zero attached hydrogens (tertiary/aromatic N) is 3. The summed E-state index contributed by atoms with van der Waals surface area (Å²) in [5.41, 5.74) is 8.51. The molecule has 0 radical (unpaired) electrons. The Morgan fingerprint density at radius 2 is 1.40 bits per heavy atom. The fourth-order valence-corrected chi connectivity index (χ4v) is 4.44. The summed E-state index contributed by atoms with van der Waals surface area (Å²) in [7, 11) is 0. The van der Waals surface area contributed by atoms with E-state index in [0.717, 1.165) is 16.8 Å². The maximum Gasteiger partial charge on any atom is 0.141 e. The zero-order valence-electron chi connectivity index (χ0n) is 17.0. The molecule has 0 saturated carbocycles. The van der Waals surface area contributed by atoms with E-state index in [1.807, 2.05) is 12.1 Å². The first-order chi connectivity index (χ1) is 14.6. The Labute approximate surface area is 176 Å². The van der Waals surface area contributed by atoms with Crippen LogP contribution < -0.4 is 4.90 Å². The van der Waals surface area contributed by atoms with Gasteiger partial charge in [0.15, 0.2) is 0 Å². The van der Waals surface area contributed by atoms with E-state index in [9.17, 15) is 5.26 Å². The van der Waals surface area contributed by atoms with Crippen LogP contribution in [-0.4, -0.2) is 4.98 Å². The Morgan fingerprint density at radius 3 is 2.07 bits per heavy atom. The summed E-state index contributed by atoms with van der Waals surface area (Å²) in [4.78, 5) is 6.44. The molecule has 5 rings (SSSR count). The summed E-state index contributed by atoms with van der Waals surface area (Å²) >= 11 is 0. The molecule has 0 saturated heterocycles. The summed E-state index contributed by atoms with van der Waals surface area (Å²) in [6.45, 7) is 4.58. The highest BCUT2D eigenvalue weighted by atomic mass is 15.2. The maximum atomic E-state index is 9.21. The minimum Gasteiger partial charge on any atom is -0.310 e. The van der Waals surface area contributed by atoms with Crippen molar-refractivity contribution in [3.8, 4) is 17.2 Å². The molecular weight excluding hydrogens is 366 g/mol. The van der Waals surface area contributed by atoms with Crippen molar-refractivity contribution in [1.82, 2.24) is 4.98 Å². The van der Waals surface area contributed by atoms with Gasteiger partial charge in [0.2, 0.25) is 0 Å². The van der Waals surface area contributed by atoms with Crippen molar-refractivity contribution in [3.63, 3.8) is 0 Å². The third-order valence-electron chi connectivity index (χ3n) is 5.95. The van der Waals surface area contributed by atoms with Crippen LogP contribution in [-0.2, 0) is 5.41 Å². The Kier molecular flexibility index (Phi) is 4.15. The number of para-hydroxylation sites is 2. The van der Waals surface area contributed by atoms with Crippen LogP contribution in [0, 0.1) is 11.3 Å². The minimum absolute atomic E-state index is 0.0753. The maximum absolute atomic E-state index is 9.21. The SMILES string of the molecule is CC1(C)c2ccccc2N(c2cccc(-c3ccnc(C#N)c3)c2)c2ccccc21. The molecule has 3 nitrogen and oxygen atoms in total. The molecule has 1 aliphatic rings. The monoisotopic (exact) mass is 387 g/mol. The van der Waals surface area contributed by atoms with Crippen molar-refractivity contribution in [2.45, 2.75) is 19.3 Å². The molecule has 4 aromatic rings. The summed E-state index contributed by atoms with van der Waals surface area (Å²) in [6, 6.07) is 31.6. The Bertz CT molecular complexity index is 1250. The smallest absolute Gasteiger partial charge is 0.141 e. The molecule has 0 fully saturated rings. The van der Waals surface area contributed by atoms with Crippen LogP contribution in [0.2, 0.25) is 0 Å². The van der Waals surface area contributed by atoms with Gasteiger partial charge in [0.1, 0.15) is 11.8 Å². The van der Waals surface area contributed by atoms with E-state index in [0.29, 0.717) is 5.69 Å². The highest BCUT2D eigenvalue weighted by Crippen LogP contribution is 2.51. The molecular formula is C27H21N3. The summed E-state index contributed by atoms with van der Waals surface area (Å²) in [5, 5.41) is 9.21. The number of aromatic nitrogens is 1. The molecule has 0 spiro atoms. The molecule has 0 atom stereocenters. The number of pyridine rings is 1. The number of benzene rings is 3. The van der Waals surface area contributed by atoms with Crippen LogP contribution >= 0.6 is 0 Å². The molecule has 0 amide bonds. The number of hydrogen-bond donors (Lipinski definition) is 0. The van der Waals surface area contributed by atoms with Crippen molar-refractivity contribution >= 4 is 17.1 Å². The first-order valence-electron chi connectivity index (χ1n) is 10.1. The van der Waals surface area contributed by atoms with E-state index in [-0.39, 0.29) is 5.41 Å². The van der Waals surface area contributed by atoms with Gasteiger partial charge in [0.25, 0.3) is 0 Å². The van der Waals surface area contributed by atoms with Crippen LogP contribution in [0.25, 0.3) is 11.1 Å². The number of hydrogen-bond acceptors (Lipinski definition) is 3. The van der Waals surface area contributed by atoms with Crippen LogP contribution in [0.3, 0.4) is 0 Å². The fraction of sp³-hybridized carbons (Fsp3) is 0.111. The van der Waals surface area contributed by atoms with Crippen molar-refractivity contribution < 1.29 is 0 Å². The van der Waals surface area contributed by atoms with Crippen LogP contribution in [0.4, 0.5) is 17.1 Å². The lowest BCUT2D eigenvalue weighted by atomic mass is 9.73. The molecule has 1 aromatic heterocycles. The van der Waals surface area contributed by atoms with Gasteiger partial charge in [0.05, 0.1) is 11.4 Å². The van der Waals surface area contributed by atoms with Gasteiger partial charge >= 0.3 is 0 Å². The van der Waals surface area contributed by atoms with Gasteiger partial charge < -0.3 is 4.90 Å². The minimum atomic E-state index is -0.0753. The second-order valence-electron chi connectivity index (χ2n) is 8.09. The third-order valence-corrected chi connectivity index (χ3v) is 5.95. The Balaban J connectivity index is 1.71. The second-order valence-corrected chi connectivity index (χ2v) is 8.09. The van der Waals surface area contributed by atoms with Crippen molar-refractivity contribution in [3.05, 3.63) is 108 Å². The third kappa shape index (κ3) is 2.77. The molecule has 0 aliphatic carbocycles. The van der Waals surface area contributed by atoms with Gasteiger partial charge in [-0.1, -0.05) is 62.4 Å². The highest BCUT2D eigenvalue weighted by molar-refractivity contribution is 5.87. The van der Waals surface area contributed by atoms with Gasteiger partial charge in [-0.2, -0.15) is 5.26 Å². The average Bonchev–Trinajstić information content (AvgIpc) is 2.80. The first kappa shape index (κ1) is 18.1. The number of fused-ring (bicyclic) bond motifs is 2. The molecule has 3 heteroatoms. The Hall–Kier alpha value is -3.90.